The average molecular weight is 115 g/mol. The van der Waals surface area contributed by atoms with E-state index < -0.39 is 5.60 Å². The molecule has 0 unspecified atom stereocenters. The average Bonchev–Trinajstić information content (AvgIpc) is 1.82. The van der Waals surface area contributed by atoms with Gasteiger partial charge in [0.05, 0.1) is 12.0 Å². The Hall–Kier alpha value is -0.570. The van der Waals surface area contributed by atoms with E-state index in [2.05, 4.69) is 5.32 Å². The van der Waals surface area contributed by atoms with Gasteiger partial charge in [0.2, 0.25) is 5.91 Å². The minimum Gasteiger partial charge on any atom is -0.388 e. The Morgan fingerprint density at radius 3 is 2.62 bits per heavy atom. The molecule has 1 heterocycles. The van der Waals surface area contributed by atoms with Crippen molar-refractivity contribution in [3.63, 3.8) is 0 Å². The molecular weight excluding hydrogens is 106 g/mol. The van der Waals surface area contributed by atoms with Crippen LogP contribution in [0.4, 0.5) is 0 Å². The molecule has 1 saturated heterocycles. The molecular formula is C5H9NO2. The highest BCUT2D eigenvalue weighted by Crippen LogP contribution is 2.12. The number of hydrogen-bond donors (Lipinski definition) is 2. The van der Waals surface area contributed by atoms with Crippen molar-refractivity contribution in [1.29, 1.82) is 0 Å². The number of β-amino-alcohol motifs (C(OH)–C–C–N with tert-alkyl or cyclic N) is 1. The molecule has 0 aliphatic carbocycles. The summed E-state index contributed by atoms with van der Waals surface area (Å²) in [7, 11) is 0. The second-order valence-corrected chi connectivity index (χ2v) is 2.45. The highest BCUT2D eigenvalue weighted by Gasteiger charge is 2.30. The van der Waals surface area contributed by atoms with E-state index in [0.717, 1.165) is 0 Å². The number of carbonyl (C=O) groups is 1. The standard InChI is InChI=1S/C5H9NO2/c1-5(8)2-4(7)6-3-5/h8H,2-3H2,1H3,(H,6,7)/t5-/m0/s1. The summed E-state index contributed by atoms with van der Waals surface area (Å²) in [6, 6.07) is 0. The van der Waals surface area contributed by atoms with Crippen LogP contribution in [0.15, 0.2) is 0 Å². The van der Waals surface area contributed by atoms with Crippen molar-refractivity contribution in [2.24, 2.45) is 0 Å². The molecule has 2 N–H and O–H groups in total. The molecule has 0 aromatic heterocycles. The van der Waals surface area contributed by atoms with Gasteiger partial charge in [0.15, 0.2) is 0 Å². The molecule has 1 aliphatic rings. The number of aliphatic hydroxyl groups is 1. The summed E-state index contributed by atoms with van der Waals surface area (Å²) in [5.74, 6) is -0.0602. The fourth-order valence-electron chi connectivity index (χ4n) is 0.760. The van der Waals surface area contributed by atoms with Crippen molar-refractivity contribution in [2.75, 3.05) is 6.54 Å². The summed E-state index contributed by atoms with van der Waals surface area (Å²) in [5, 5.41) is 11.6. The summed E-state index contributed by atoms with van der Waals surface area (Å²) in [4.78, 5) is 10.4. The zero-order valence-electron chi connectivity index (χ0n) is 4.77. The van der Waals surface area contributed by atoms with E-state index in [1.165, 1.54) is 0 Å². The molecule has 0 aromatic carbocycles. The maximum absolute atomic E-state index is 10.4. The monoisotopic (exact) mass is 115 g/mol. The highest BCUT2D eigenvalue weighted by atomic mass is 16.3. The predicted octanol–water partition coefficient (Wildman–Crippen LogP) is -0.743. The molecule has 1 aliphatic heterocycles. The van der Waals surface area contributed by atoms with Gasteiger partial charge in [-0.2, -0.15) is 0 Å². The first-order valence-electron chi connectivity index (χ1n) is 2.59. The molecule has 0 saturated carbocycles. The molecule has 3 nitrogen and oxygen atoms in total. The van der Waals surface area contributed by atoms with Crippen molar-refractivity contribution in [3.05, 3.63) is 0 Å². The summed E-state index contributed by atoms with van der Waals surface area (Å²) in [6.45, 7) is 2.04. The van der Waals surface area contributed by atoms with E-state index in [0.29, 0.717) is 6.54 Å². The van der Waals surface area contributed by atoms with Crippen LogP contribution in [-0.2, 0) is 4.79 Å². The molecule has 1 atom stereocenters. The molecule has 8 heavy (non-hydrogen) atoms. The van der Waals surface area contributed by atoms with E-state index in [1.54, 1.807) is 6.92 Å². The summed E-state index contributed by atoms with van der Waals surface area (Å²) >= 11 is 0. The van der Waals surface area contributed by atoms with Crippen LogP contribution in [-0.4, -0.2) is 23.2 Å². The van der Waals surface area contributed by atoms with Gasteiger partial charge in [0.1, 0.15) is 0 Å². The summed E-state index contributed by atoms with van der Waals surface area (Å²) in [5.41, 5.74) is -0.795. The van der Waals surface area contributed by atoms with Crippen LogP contribution in [0.25, 0.3) is 0 Å². The lowest BCUT2D eigenvalue weighted by Gasteiger charge is -2.09. The minimum atomic E-state index is -0.795. The van der Waals surface area contributed by atoms with Crippen molar-refractivity contribution >= 4 is 5.91 Å². The first kappa shape index (κ1) is 5.56. The third-order valence-corrected chi connectivity index (χ3v) is 1.21. The largest absolute Gasteiger partial charge is 0.388 e. The molecule has 0 radical (unpaired) electrons. The van der Waals surface area contributed by atoms with Crippen LogP contribution >= 0.6 is 0 Å². The van der Waals surface area contributed by atoms with Gasteiger partial charge in [-0.1, -0.05) is 0 Å². The highest BCUT2D eigenvalue weighted by molar-refractivity contribution is 5.79. The maximum atomic E-state index is 10.4. The topological polar surface area (TPSA) is 49.3 Å². The fourth-order valence-corrected chi connectivity index (χ4v) is 0.760. The molecule has 0 bridgehead atoms. The Morgan fingerprint density at radius 2 is 2.50 bits per heavy atom. The third-order valence-electron chi connectivity index (χ3n) is 1.21. The SMILES string of the molecule is C[C@@]1(O)CNC(=O)C1. The number of hydrogen-bond acceptors (Lipinski definition) is 2. The number of amides is 1. The summed E-state index contributed by atoms with van der Waals surface area (Å²) in [6.07, 6.45) is 0.243. The van der Waals surface area contributed by atoms with Crippen LogP contribution < -0.4 is 5.32 Å². The first-order chi connectivity index (χ1) is 3.60. The Balaban J connectivity index is 2.56. The van der Waals surface area contributed by atoms with Crippen LogP contribution in [0.3, 0.4) is 0 Å². The van der Waals surface area contributed by atoms with Crippen LogP contribution in [0.2, 0.25) is 0 Å². The predicted molar refractivity (Wildman–Crippen MR) is 28.3 cm³/mol. The maximum Gasteiger partial charge on any atom is 0.223 e. The lowest BCUT2D eigenvalue weighted by Crippen LogP contribution is -2.26. The van der Waals surface area contributed by atoms with Gasteiger partial charge in [0, 0.05) is 6.54 Å². The third kappa shape index (κ3) is 0.980. The summed E-state index contributed by atoms with van der Waals surface area (Å²) < 4.78 is 0. The molecule has 46 valence electrons. The van der Waals surface area contributed by atoms with Crippen molar-refractivity contribution in [1.82, 2.24) is 5.32 Å². The Labute approximate surface area is 47.7 Å². The van der Waals surface area contributed by atoms with Crippen LogP contribution in [0.5, 0.6) is 0 Å². The lowest BCUT2D eigenvalue weighted by molar-refractivity contribution is -0.120. The molecule has 1 rings (SSSR count). The van der Waals surface area contributed by atoms with Crippen LogP contribution in [0.1, 0.15) is 13.3 Å². The van der Waals surface area contributed by atoms with E-state index in [1.807, 2.05) is 0 Å². The van der Waals surface area contributed by atoms with E-state index in [4.69, 9.17) is 5.11 Å². The van der Waals surface area contributed by atoms with Gasteiger partial charge in [-0.15, -0.1) is 0 Å². The Bertz CT molecular complexity index is 120. The second kappa shape index (κ2) is 1.45. The van der Waals surface area contributed by atoms with Crippen molar-refractivity contribution in [2.45, 2.75) is 18.9 Å². The van der Waals surface area contributed by atoms with Crippen molar-refractivity contribution < 1.29 is 9.90 Å². The first-order valence-corrected chi connectivity index (χ1v) is 2.59. The normalized spacial score (nSPS) is 37.5. The number of rotatable bonds is 0. The number of carbonyl (C=O) groups excluding carboxylic acids is 1. The Morgan fingerprint density at radius 1 is 1.88 bits per heavy atom. The van der Waals surface area contributed by atoms with E-state index in [9.17, 15) is 4.79 Å². The minimum absolute atomic E-state index is 0.0602. The Kier molecular flexibility index (Phi) is 1.01. The molecule has 0 spiro atoms. The van der Waals surface area contributed by atoms with E-state index in [-0.39, 0.29) is 12.3 Å². The van der Waals surface area contributed by atoms with E-state index >= 15 is 0 Å². The molecule has 0 aromatic rings. The quantitative estimate of drug-likeness (QED) is 0.436. The van der Waals surface area contributed by atoms with Gasteiger partial charge >= 0.3 is 0 Å². The molecule has 3 heteroatoms. The van der Waals surface area contributed by atoms with Crippen molar-refractivity contribution in [3.8, 4) is 0 Å². The van der Waals surface area contributed by atoms with Crippen LogP contribution in [0, 0.1) is 0 Å². The zero-order chi connectivity index (χ0) is 6.20. The van der Waals surface area contributed by atoms with Gasteiger partial charge in [0.25, 0.3) is 0 Å². The molecule has 1 fully saturated rings. The van der Waals surface area contributed by atoms with Gasteiger partial charge < -0.3 is 10.4 Å². The zero-order valence-corrected chi connectivity index (χ0v) is 4.77. The lowest BCUT2D eigenvalue weighted by atomic mass is 10.1. The smallest absolute Gasteiger partial charge is 0.223 e. The van der Waals surface area contributed by atoms with Gasteiger partial charge in [-0.3, -0.25) is 4.79 Å². The molecule has 1 amide bonds. The second-order valence-electron chi connectivity index (χ2n) is 2.45. The fraction of sp³-hybridized carbons (Fsp3) is 0.800. The van der Waals surface area contributed by atoms with Gasteiger partial charge in [-0.05, 0) is 6.92 Å². The number of nitrogens with one attached hydrogen (secondary N) is 1. The van der Waals surface area contributed by atoms with Gasteiger partial charge in [-0.25, -0.2) is 0 Å².